The molecule has 156 valence electrons. The lowest BCUT2D eigenvalue weighted by Gasteiger charge is -2.35. The van der Waals surface area contributed by atoms with Crippen LogP contribution in [0.25, 0.3) is 0 Å². The number of ether oxygens (including phenoxy) is 1. The summed E-state index contributed by atoms with van der Waals surface area (Å²) < 4.78 is 5.54. The van der Waals surface area contributed by atoms with Crippen LogP contribution in [-0.2, 0) is 4.74 Å². The highest BCUT2D eigenvalue weighted by molar-refractivity contribution is 6.31. The van der Waals surface area contributed by atoms with E-state index < -0.39 is 0 Å². The van der Waals surface area contributed by atoms with Crippen molar-refractivity contribution in [2.75, 3.05) is 66.1 Å². The highest BCUT2D eigenvalue weighted by Gasteiger charge is 2.24. The van der Waals surface area contributed by atoms with Gasteiger partial charge in [0.25, 0.3) is 0 Å². The van der Waals surface area contributed by atoms with E-state index in [1.54, 1.807) is 0 Å². The van der Waals surface area contributed by atoms with Gasteiger partial charge < -0.3 is 20.3 Å². The zero-order chi connectivity index (χ0) is 19.6. The summed E-state index contributed by atoms with van der Waals surface area (Å²) in [4.78, 5) is 9.38. The Morgan fingerprint density at radius 3 is 2.57 bits per heavy atom. The normalized spacial score (nSPS) is 20.7. The standard InChI is InChI=1S/C21H34ClN5O/c1-23-21(24-9-12-26-10-5-2-6-11-26)25-17-20(27-13-15-28-16-14-27)18-7-3-4-8-19(18)22/h3-4,7-8,20H,2,5-6,9-17H2,1H3,(H2,23,24,25). The van der Waals surface area contributed by atoms with Crippen molar-refractivity contribution in [3.8, 4) is 0 Å². The van der Waals surface area contributed by atoms with Crippen LogP contribution >= 0.6 is 11.6 Å². The molecule has 0 saturated carbocycles. The van der Waals surface area contributed by atoms with E-state index in [2.05, 4.69) is 37.6 Å². The second kappa shape index (κ2) is 11.6. The molecule has 1 aromatic carbocycles. The fourth-order valence-corrected chi connectivity index (χ4v) is 4.26. The van der Waals surface area contributed by atoms with Crippen LogP contribution in [0.15, 0.2) is 29.3 Å². The third kappa shape index (κ3) is 6.34. The molecule has 2 fully saturated rings. The van der Waals surface area contributed by atoms with Crippen LogP contribution in [0.2, 0.25) is 5.02 Å². The molecule has 6 nitrogen and oxygen atoms in total. The van der Waals surface area contributed by atoms with Crippen LogP contribution in [0.5, 0.6) is 0 Å². The van der Waals surface area contributed by atoms with Crippen molar-refractivity contribution in [1.82, 2.24) is 20.4 Å². The van der Waals surface area contributed by atoms with Crippen molar-refractivity contribution in [1.29, 1.82) is 0 Å². The second-order valence-corrected chi connectivity index (χ2v) is 7.88. The lowest BCUT2D eigenvalue weighted by Crippen LogP contribution is -2.47. The Balaban J connectivity index is 1.54. The van der Waals surface area contributed by atoms with Crippen LogP contribution in [-0.4, -0.2) is 81.8 Å². The Hall–Kier alpha value is -1.34. The van der Waals surface area contributed by atoms with Crippen molar-refractivity contribution in [2.24, 2.45) is 4.99 Å². The van der Waals surface area contributed by atoms with Crippen molar-refractivity contribution >= 4 is 17.6 Å². The fourth-order valence-electron chi connectivity index (χ4n) is 4.00. The number of rotatable bonds is 7. The average Bonchev–Trinajstić information content (AvgIpc) is 2.75. The summed E-state index contributed by atoms with van der Waals surface area (Å²) in [5.74, 6) is 0.849. The summed E-state index contributed by atoms with van der Waals surface area (Å²) >= 11 is 6.52. The molecule has 2 N–H and O–H groups in total. The summed E-state index contributed by atoms with van der Waals surface area (Å²) in [5, 5.41) is 7.79. The minimum atomic E-state index is 0.193. The molecular formula is C21H34ClN5O. The number of benzene rings is 1. The van der Waals surface area contributed by atoms with E-state index >= 15 is 0 Å². The van der Waals surface area contributed by atoms with Gasteiger partial charge >= 0.3 is 0 Å². The van der Waals surface area contributed by atoms with E-state index in [-0.39, 0.29) is 6.04 Å². The van der Waals surface area contributed by atoms with Gasteiger partial charge in [0.2, 0.25) is 0 Å². The van der Waals surface area contributed by atoms with E-state index in [0.29, 0.717) is 0 Å². The number of hydrogen-bond acceptors (Lipinski definition) is 4. The van der Waals surface area contributed by atoms with E-state index in [1.807, 2.05) is 19.2 Å². The minimum Gasteiger partial charge on any atom is -0.379 e. The zero-order valence-corrected chi connectivity index (χ0v) is 17.8. The molecule has 2 heterocycles. The molecule has 3 rings (SSSR count). The number of likely N-dealkylation sites (tertiary alicyclic amines) is 1. The number of nitrogens with one attached hydrogen (secondary N) is 2. The molecule has 1 unspecified atom stereocenters. The van der Waals surface area contributed by atoms with E-state index in [9.17, 15) is 0 Å². The first-order valence-electron chi connectivity index (χ1n) is 10.5. The summed E-state index contributed by atoms with van der Waals surface area (Å²) in [6, 6.07) is 8.32. The summed E-state index contributed by atoms with van der Waals surface area (Å²) in [7, 11) is 1.83. The highest BCUT2D eigenvalue weighted by Crippen LogP contribution is 2.27. The fraction of sp³-hybridized carbons (Fsp3) is 0.667. The highest BCUT2D eigenvalue weighted by atomic mass is 35.5. The van der Waals surface area contributed by atoms with Gasteiger partial charge in [0.05, 0.1) is 19.3 Å². The van der Waals surface area contributed by atoms with Crippen molar-refractivity contribution in [3.05, 3.63) is 34.9 Å². The van der Waals surface area contributed by atoms with Gasteiger partial charge in [0.1, 0.15) is 0 Å². The zero-order valence-electron chi connectivity index (χ0n) is 17.0. The molecule has 2 aliphatic rings. The van der Waals surface area contributed by atoms with E-state index in [1.165, 1.54) is 32.4 Å². The van der Waals surface area contributed by atoms with Crippen molar-refractivity contribution in [3.63, 3.8) is 0 Å². The Labute approximate surface area is 174 Å². The molecular weight excluding hydrogens is 374 g/mol. The molecule has 1 aromatic rings. The first-order valence-corrected chi connectivity index (χ1v) is 10.9. The average molecular weight is 408 g/mol. The van der Waals surface area contributed by atoms with Gasteiger partial charge in [-0.25, -0.2) is 0 Å². The summed E-state index contributed by atoms with van der Waals surface area (Å²) in [6.07, 6.45) is 4.02. The predicted molar refractivity (Wildman–Crippen MR) is 116 cm³/mol. The van der Waals surface area contributed by atoms with Gasteiger partial charge in [-0.1, -0.05) is 36.2 Å². The lowest BCUT2D eigenvalue weighted by atomic mass is 10.0. The number of aliphatic imine (C=N–C) groups is 1. The Bertz CT molecular complexity index is 615. The van der Waals surface area contributed by atoms with E-state index in [0.717, 1.165) is 62.5 Å². The molecule has 0 radical (unpaired) electrons. The molecule has 28 heavy (non-hydrogen) atoms. The van der Waals surface area contributed by atoms with Gasteiger partial charge in [-0.15, -0.1) is 0 Å². The van der Waals surface area contributed by atoms with Crippen LogP contribution in [0.4, 0.5) is 0 Å². The molecule has 2 aliphatic heterocycles. The van der Waals surface area contributed by atoms with Gasteiger partial charge in [-0.05, 0) is 37.6 Å². The SMILES string of the molecule is CN=C(NCCN1CCCCC1)NCC(c1ccccc1Cl)N1CCOCC1. The largest absolute Gasteiger partial charge is 0.379 e. The maximum Gasteiger partial charge on any atom is 0.191 e. The summed E-state index contributed by atoms with van der Waals surface area (Å²) in [6.45, 7) is 8.54. The third-order valence-corrected chi connectivity index (χ3v) is 5.95. The lowest BCUT2D eigenvalue weighted by molar-refractivity contribution is 0.0170. The number of morpholine rings is 1. The quantitative estimate of drug-likeness (QED) is 0.536. The van der Waals surface area contributed by atoms with Crippen LogP contribution < -0.4 is 10.6 Å². The molecule has 0 aliphatic carbocycles. The number of guanidine groups is 1. The first kappa shape index (κ1) is 21.4. The van der Waals surface area contributed by atoms with Gasteiger partial charge in [0, 0.05) is 44.8 Å². The molecule has 7 heteroatoms. The number of halogens is 1. The number of hydrogen-bond donors (Lipinski definition) is 2. The Morgan fingerprint density at radius 1 is 1.11 bits per heavy atom. The maximum atomic E-state index is 6.52. The van der Waals surface area contributed by atoms with Crippen molar-refractivity contribution in [2.45, 2.75) is 25.3 Å². The number of nitrogens with zero attached hydrogens (tertiary/aromatic N) is 3. The summed E-state index contributed by atoms with van der Waals surface area (Å²) in [5.41, 5.74) is 1.15. The smallest absolute Gasteiger partial charge is 0.191 e. The van der Waals surface area contributed by atoms with Crippen LogP contribution in [0, 0.1) is 0 Å². The Kier molecular flexibility index (Phi) is 8.86. The molecule has 1 atom stereocenters. The van der Waals surface area contributed by atoms with Crippen molar-refractivity contribution < 1.29 is 4.74 Å². The minimum absolute atomic E-state index is 0.193. The van der Waals surface area contributed by atoms with Gasteiger partial charge in [-0.3, -0.25) is 9.89 Å². The monoisotopic (exact) mass is 407 g/mol. The Morgan fingerprint density at radius 2 is 1.86 bits per heavy atom. The van der Waals surface area contributed by atoms with Crippen LogP contribution in [0.1, 0.15) is 30.9 Å². The maximum absolute atomic E-state index is 6.52. The predicted octanol–water partition coefficient (Wildman–Crippen LogP) is 2.36. The molecule has 0 spiro atoms. The molecule has 0 bridgehead atoms. The molecule has 0 amide bonds. The molecule has 0 aromatic heterocycles. The van der Waals surface area contributed by atoms with Gasteiger partial charge in [-0.2, -0.15) is 0 Å². The second-order valence-electron chi connectivity index (χ2n) is 7.47. The topological polar surface area (TPSA) is 52.1 Å². The van der Waals surface area contributed by atoms with E-state index in [4.69, 9.17) is 16.3 Å². The van der Waals surface area contributed by atoms with Crippen LogP contribution in [0.3, 0.4) is 0 Å². The first-order chi connectivity index (χ1) is 13.8. The van der Waals surface area contributed by atoms with Gasteiger partial charge in [0.15, 0.2) is 5.96 Å². The molecule has 2 saturated heterocycles. The third-order valence-electron chi connectivity index (χ3n) is 5.61. The number of piperidine rings is 1.